The Balaban J connectivity index is 3.67. The maximum absolute atomic E-state index is 5.77. The van der Waals surface area contributed by atoms with Crippen molar-refractivity contribution in [3.05, 3.63) is 0 Å². The van der Waals surface area contributed by atoms with Gasteiger partial charge < -0.3 is 4.43 Å². The van der Waals surface area contributed by atoms with Crippen LogP contribution >= 0.6 is 0 Å². The Morgan fingerprint density at radius 2 is 1.36 bits per heavy atom. The molecule has 0 aromatic rings. The molecule has 0 rings (SSSR count). The highest BCUT2D eigenvalue weighted by atomic mass is 28.2. The highest BCUT2D eigenvalue weighted by Gasteiger charge is 2.21. The van der Waals surface area contributed by atoms with Crippen LogP contribution < -0.4 is 0 Å². The summed E-state index contributed by atoms with van der Waals surface area (Å²) in [6.07, 6.45) is 10.5. The summed E-state index contributed by atoms with van der Waals surface area (Å²) in [7, 11) is 0.883. The second-order valence-electron chi connectivity index (χ2n) is 4.57. The van der Waals surface area contributed by atoms with Gasteiger partial charge in [0, 0.05) is 0 Å². The molecule has 86 valence electrons. The summed E-state index contributed by atoms with van der Waals surface area (Å²) in [6.45, 7) is 6.82. The highest BCUT2D eigenvalue weighted by molar-refractivity contribution is 5.98. The average Bonchev–Trinajstić information content (AvgIpc) is 2.19. The second-order valence-corrected chi connectivity index (χ2v) is 4.98. The second kappa shape index (κ2) is 8.48. The van der Waals surface area contributed by atoms with E-state index in [9.17, 15) is 0 Å². The fourth-order valence-corrected chi connectivity index (χ4v) is 2.24. The maximum atomic E-state index is 5.77. The van der Waals surface area contributed by atoms with Crippen molar-refractivity contribution in [3.63, 3.8) is 0 Å². The van der Waals surface area contributed by atoms with Crippen LogP contribution in [-0.4, -0.2) is 16.1 Å². The molecule has 0 spiro atoms. The first-order valence-electron chi connectivity index (χ1n) is 6.23. The number of rotatable bonds is 9. The Morgan fingerprint density at radius 1 is 0.929 bits per heavy atom. The smallest absolute Gasteiger partial charge is 0.146 e. The van der Waals surface area contributed by atoms with E-state index in [1.54, 1.807) is 0 Å². The summed E-state index contributed by atoms with van der Waals surface area (Å²) < 4.78 is 5.77. The van der Waals surface area contributed by atoms with E-state index >= 15 is 0 Å². The molecule has 0 N–H and O–H groups in total. The molecule has 0 aromatic heterocycles. The lowest BCUT2D eigenvalue weighted by molar-refractivity contribution is 0.0748. The number of unbranched alkanes of at least 4 members (excludes halogenated alkanes) is 4. The van der Waals surface area contributed by atoms with Crippen molar-refractivity contribution < 1.29 is 4.43 Å². The van der Waals surface area contributed by atoms with Crippen molar-refractivity contribution in [1.82, 2.24) is 0 Å². The largest absolute Gasteiger partial charge is 0.423 e. The van der Waals surface area contributed by atoms with Crippen molar-refractivity contribution in [1.29, 1.82) is 0 Å². The van der Waals surface area contributed by atoms with Crippen molar-refractivity contribution >= 4 is 10.5 Å². The zero-order chi connectivity index (χ0) is 10.9. The van der Waals surface area contributed by atoms with Crippen LogP contribution in [0.4, 0.5) is 0 Å². The Hall–Kier alpha value is 0.177. The molecular weight excluding hydrogens is 188 g/mol. The predicted octanol–water partition coefficient (Wildman–Crippen LogP) is 3.20. The van der Waals surface area contributed by atoms with E-state index in [2.05, 4.69) is 20.8 Å². The van der Waals surface area contributed by atoms with E-state index in [-0.39, 0.29) is 5.60 Å². The van der Waals surface area contributed by atoms with Crippen LogP contribution in [-0.2, 0) is 4.43 Å². The van der Waals surface area contributed by atoms with E-state index < -0.39 is 0 Å². The Kier molecular flexibility index (Phi) is 8.59. The molecule has 2 heteroatoms. The van der Waals surface area contributed by atoms with Gasteiger partial charge in [0.2, 0.25) is 0 Å². The van der Waals surface area contributed by atoms with E-state index in [1.165, 1.54) is 51.4 Å². The molecule has 0 aliphatic heterocycles. The first-order chi connectivity index (χ1) is 6.68. The molecule has 0 aliphatic rings. The topological polar surface area (TPSA) is 9.23 Å². The monoisotopic (exact) mass is 216 g/mol. The lowest BCUT2D eigenvalue weighted by Crippen LogP contribution is -2.27. The lowest BCUT2D eigenvalue weighted by atomic mass is 9.92. The van der Waals surface area contributed by atoms with E-state index in [1.807, 2.05) is 0 Å². The molecule has 14 heavy (non-hydrogen) atoms. The van der Waals surface area contributed by atoms with Gasteiger partial charge in [0.1, 0.15) is 10.5 Å². The van der Waals surface area contributed by atoms with Crippen LogP contribution in [0, 0.1) is 0 Å². The molecule has 0 aromatic carbocycles. The molecular formula is C12H28OSi. The van der Waals surface area contributed by atoms with Gasteiger partial charge in [-0.3, -0.25) is 0 Å². The van der Waals surface area contributed by atoms with Gasteiger partial charge in [-0.2, -0.15) is 0 Å². The molecule has 0 amide bonds. The van der Waals surface area contributed by atoms with Crippen molar-refractivity contribution in [2.75, 3.05) is 0 Å². The molecule has 0 bridgehead atoms. The van der Waals surface area contributed by atoms with Crippen molar-refractivity contribution in [2.45, 2.75) is 77.7 Å². The van der Waals surface area contributed by atoms with Gasteiger partial charge in [0.15, 0.2) is 0 Å². The summed E-state index contributed by atoms with van der Waals surface area (Å²) in [5.74, 6) is 0. The van der Waals surface area contributed by atoms with Gasteiger partial charge in [-0.1, -0.05) is 52.4 Å². The lowest BCUT2D eigenvalue weighted by Gasteiger charge is -2.29. The standard InChI is InChI=1S/C12H28OSi/c1-4-6-8-10-12(3,13-14)11-9-7-5-2/h4-11H2,1-3,14H3. The zero-order valence-corrected chi connectivity index (χ0v) is 12.6. The van der Waals surface area contributed by atoms with Crippen molar-refractivity contribution in [2.24, 2.45) is 0 Å². The minimum Gasteiger partial charge on any atom is -0.423 e. The Bertz CT molecular complexity index is 115. The third kappa shape index (κ3) is 6.60. The summed E-state index contributed by atoms with van der Waals surface area (Å²) in [5, 5.41) is 0. The summed E-state index contributed by atoms with van der Waals surface area (Å²) in [6, 6.07) is 0. The highest BCUT2D eigenvalue weighted by Crippen LogP contribution is 2.24. The molecule has 0 radical (unpaired) electrons. The Morgan fingerprint density at radius 3 is 1.64 bits per heavy atom. The zero-order valence-electron chi connectivity index (χ0n) is 10.6. The van der Waals surface area contributed by atoms with E-state index in [4.69, 9.17) is 4.43 Å². The summed E-state index contributed by atoms with van der Waals surface area (Å²) in [4.78, 5) is 0. The van der Waals surface area contributed by atoms with Crippen molar-refractivity contribution in [3.8, 4) is 0 Å². The minimum absolute atomic E-state index is 0.205. The predicted molar refractivity (Wildman–Crippen MR) is 67.7 cm³/mol. The van der Waals surface area contributed by atoms with Gasteiger partial charge in [-0.15, -0.1) is 0 Å². The van der Waals surface area contributed by atoms with Crippen LogP contribution in [0.2, 0.25) is 0 Å². The van der Waals surface area contributed by atoms with Crippen LogP contribution in [0.25, 0.3) is 0 Å². The number of hydrogen-bond donors (Lipinski definition) is 0. The number of hydrogen-bond acceptors (Lipinski definition) is 1. The Labute approximate surface area is 93.2 Å². The fraction of sp³-hybridized carbons (Fsp3) is 1.00. The van der Waals surface area contributed by atoms with Gasteiger partial charge >= 0.3 is 0 Å². The molecule has 0 atom stereocenters. The van der Waals surface area contributed by atoms with Gasteiger partial charge in [-0.25, -0.2) is 0 Å². The third-order valence-electron chi connectivity index (χ3n) is 3.11. The molecule has 0 saturated carbocycles. The maximum Gasteiger partial charge on any atom is 0.146 e. The summed E-state index contributed by atoms with van der Waals surface area (Å²) >= 11 is 0. The van der Waals surface area contributed by atoms with E-state index in [0.717, 1.165) is 10.5 Å². The van der Waals surface area contributed by atoms with Crippen LogP contribution in [0.3, 0.4) is 0 Å². The molecule has 1 nitrogen and oxygen atoms in total. The van der Waals surface area contributed by atoms with Crippen LogP contribution in [0.15, 0.2) is 0 Å². The molecule has 0 aliphatic carbocycles. The fourth-order valence-electron chi connectivity index (χ4n) is 1.83. The van der Waals surface area contributed by atoms with Gasteiger partial charge in [-0.05, 0) is 19.8 Å². The minimum atomic E-state index is 0.205. The molecule has 0 fully saturated rings. The summed E-state index contributed by atoms with van der Waals surface area (Å²) in [5.41, 5.74) is 0.205. The quantitative estimate of drug-likeness (QED) is 0.425. The average molecular weight is 216 g/mol. The normalized spacial score (nSPS) is 12.2. The third-order valence-corrected chi connectivity index (χ3v) is 4.10. The van der Waals surface area contributed by atoms with Gasteiger partial charge in [0.25, 0.3) is 0 Å². The first-order valence-corrected chi connectivity index (χ1v) is 7.05. The first kappa shape index (κ1) is 14.2. The molecule has 0 unspecified atom stereocenters. The SMILES string of the molecule is CCCCCC(C)(CCCCC)O[SiH3]. The van der Waals surface area contributed by atoms with Gasteiger partial charge in [0.05, 0.1) is 5.60 Å². The molecule has 0 heterocycles. The van der Waals surface area contributed by atoms with E-state index in [0.29, 0.717) is 0 Å². The van der Waals surface area contributed by atoms with Crippen LogP contribution in [0.5, 0.6) is 0 Å². The van der Waals surface area contributed by atoms with Crippen LogP contribution in [0.1, 0.15) is 72.1 Å². The molecule has 0 saturated heterocycles.